The molecule has 5 heteroatoms. The van der Waals surface area contributed by atoms with E-state index < -0.39 is 0 Å². The third-order valence-electron chi connectivity index (χ3n) is 1.35. The highest BCUT2D eigenvalue weighted by atomic mass is 33.1. The van der Waals surface area contributed by atoms with Gasteiger partial charge in [0.25, 0.3) is 0 Å². The zero-order valence-corrected chi connectivity index (χ0v) is 9.21. The minimum absolute atomic E-state index is 0.0788. The summed E-state index contributed by atoms with van der Waals surface area (Å²) in [5, 5.41) is 0. The van der Waals surface area contributed by atoms with Gasteiger partial charge in [0.2, 0.25) is 0 Å². The summed E-state index contributed by atoms with van der Waals surface area (Å²) in [7, 11) is 2.64. The Kier molecular flexibility index (Phi) is 7.09. The number of carbonyl (C=O) groups excluding carboxylic acids is 2. The largest absolute Gasteiger partial charge is 0.454 e. The minimum Gasteiger partial charge on any atom is -0.454 e. The number of ether oxygens (including phenoxy) is 1. The second-order valence-electron chi connectivity index (χ2n) is 2.26. The van der Waals surface area contributed by atoms with Crippen molar-refractivity contribution in [3.63, 3.8) is 0 Å². The Morgan fingerprint density at radius 3 is 2.85 bits per heavy atom. The smallest absolute Gasteiger partial charge is 0.307 e. The van der Waals surface area contributed by atoms with E-state index in [1.165, 1.54) is 21.6 Å². The summed E-state index contributed by atoms with van der Waals surface area (Å²) in [4.78, 5) is 21.8. The molecule has 0 saturated carbocycles. The fraction of sp³-hybridized carbons (Fsp3) is 0.750. The maximum absolute atomic E-state index is 11.0. The second-order valence-corrected chi connectivity index (χ2v) is 4.38. The SMILES string of the molecule is [2H]CSSCOC(=O)CCC(=O)CC. The van der Waals surface area contributed by atoms with Crippen LogP contribution < -0.4 is 0 Å². The summed E-state index contributed by atoms with van der Waals surface area (Å²) in [5.41, 5.74) is 0. The Bertz CT molecular complexity index is 187. The van der Waals surface area contributed by atoms with E-state index in [0.717, 1.165) is 0 Å². The molecule has 0 saturated heterocycles. The molecule has 0 aliphatic carbocycles. The van der Waals surface area contributed by atoms with E-state index in [-0.39, 0.29) is 36.8 Å². The van der Waals surface area contributed by atoms with Crippen molar-refractivity contribution in [2.45, 2.75) is 26.2 Å². The van der Waals surface area contributed by atoms with Crippen LogP contribution in [-0.2, 0) is 14.3 Å². The molecule has 76 valence electrons. The van der Waals surface area contributed by atoms with E-state index in [0.29, 0.717) is 6.42 Å². The van der Waals surface area contributed by atoms with Gasteiger partial charge in [-0.15, -0.1) is 0 Å². The first-order chi connectivity index (χ1) is 6.70. The lowest BCUT2D eigenvalue weighted by Gasteiger charge is -2.01. The molecular weight excluding hydrogens is 208 g/mol. The van der Waals surface area contributed by atoms with Gasteiger partial charge in [0, 0.05) is 14.2 Å². The molecule has 0 spiro atoms. The van der Waals surface area contributed by atoms with Gasteiger partial charge in [-0.1, -0.05) is 28.5 Å². The van der Waals surface area contributed by atoms with Crippen molar-refractivity contribution in [3.05, 3.63) is 0 Å². The first-order valence-corrected chi connectivity index (χ1v) is 6.40. The van der Waals surface area contributed by atoms with Gasteiger partial charge >= 0.3 is 5.97 Å². The fourth-order valence-corrected chi connectivity index (χ4v) is 1.21. The van der Waals surface area contributed by atoms with E-state index in [1.807, 2.05) is 0 Å². The number of hydrogen-bond acceptors (Lipinski definition) is 5. The molecule has 0 aromatic heterocycles. The molecule has 0 amide bonds. The molecule has 0 N–H and O–H groups in total. The highest BCUT2D eigenvalue weighted by molar-refractivity contribution is 8.76. The molecule has 0 atom stereocenters. The summed E-state index contributed by atoms with van der Waals surface area (Å²) in [6.07, 6.45) is 1.15. The highest BCUT2D eigenvalue weighted by Gasteiger charge is 2.05. The molecule has 0 fully saturated rings. The van der Waals surface area contributed by atoms with E-state index in [4.69, 9.17) is 6.11 Å². The molecule has 0 rings (SSSR count). The van der Waals surface area contributed by atoms with E-state index >= 15 is 0 Å². The topological polar surface area (TPSA) is 43.4 Å². The van der Waals surface area contributed by atoms with Crippen LogP contribution in [0.15, 0.2) is 0 Å². The highest BCUT2D eigenvalue weighted by Crippen LogP contribution is 2.16. The van der Waals surface area contributed by atoms with Gasteiger partial charge in [-0.05, 0) is 6.23 Å². The van der Waals surface area contributed by atoms with Crippen molar-refractivity contribution in [1.82, 2.24) is 0 Å². The van der Waals surface area contributed by atoms with Crippen LogP contribution in [0.3, 0.4) is 0 Å². The summed E-state index contributed by atoms with van der Waals surface area (Å²) in [5.74, 6) is -0.0112. The van der Waals surface area contributed by atoms with E-state index in [9.17, 15) is 9.59 Å². The lowest BCUT2D eigenvalue weighted by molar-refractivity contribution is -0.142. The van der Waals surface area contributed by atoms with Crippen molar-refractivity contribution in [2.75, 3.05) is 12.2 Å². The van der Waals surface area contributed by atoms with Crippen LogP contribution in [0.2, 0.25) is 0 Å². The van der Waals surface area contributed by atoms with E-state index in [2.05, 4.69) is 0 Å². The van der Waals surface area contributed by atoms with Gasteiger partial charge in [-0.25, -0.2) is 0 Å². The molecule has 0 bridgehead atoms. The predicted molar refractivity (Wildman–Crippen MR) is 56.6 cm³/mol. The van der Waals surface area contributed by atoms with Gasteiger partial charge in [-0.2, -0.15) is 0 Å². The number of Topliss-reactive ketones (excluding diaryl/α,β-unsaturated/α-hetero) is 1. The molecule has 0 aromatic carbocycles. The molecule has 0 unspecified atom stereocenters. The minimum atomic E-state index is -0.343. The summed E-state index contributed by atoms with van der Waals surface area (Å²) in [6, 6.07) is 0. The van der Waals surface area contributed by atoms with Gasteiger partial charge in [-0.3, -0.25) is 9.59 Å². The van der Waals surface area contributed by atoms with Crippen LogP contribution >= 0.6 is 21.6 Å². The van der Waals surface area contributed by atoms with Crippen LogP contribution in [0.1, 0.15) is 27.6 Å². The van der Waals surface area contributed by atoms with Gasteiger partial charge in [0.05, 0.1) is 6.42 Å². The van der Waals surface area contributed by atoms with Gasteiger partial charge in [0.15, 0.2) is 0 Å². The van der Waals surface area contributed by atoms with E-state index in [1.54, 1.807) is 6.92 Å². The van der Waals surface area contributed by atoms with Crippen molar-refractivity contribution >= 4 is 33.3 Å². The van der Waals surface area contributed by atoms with Crippen molar-refractivity contribution < 1.29 is 15.7 Å². The summed E-state index contributed by atoms with van der Waals surface area (Å²) in [6.45, 7) is 1.77. The lowest BCUT2D eigenvalue weighted by atomic mass is 10.2. The number of rotatable bonds is 7. The molecule has 0 aromatic rings. The average molecular weight is 223 g/mol. The zero-order chi connectivity index (χ0) is 10.8. The monoisotopic (exact) mass is 223 g/mol. The van der Waals surface area contributed by atoms with Crippen molar-refractivity contribution in [3.8, 4) is 0 Å². The Hall–Kier alpha value is -0.160. The Morgan fingerprint density at radius 1 is 1.46 bits per heavy atom. The molecule has 13 heavy (non-hydrogen) atoms. The van der Waals surface area contributed by atoms with Gasteiger partial charge < -0.3 is 4.74 Å². The summed E-state index contributed by atoms with van der Waals surface area (Å²) < 4.78 is 11.6. The third kappa shape index (κ3) is 8.18. The van der Waals surface area contributed by atoms with Crippen LogP contribution in [-0.4, -0.2) is 23.9 Å². The number of esters is 1. The fourth-order valence-electron chi connectivity index (χ4n) is 0.614. The first kappa shape index (κ1) is 10.9. The van der Waals surface area contributed by atoms with Gasteiger partial charge in [0.1, 0.15) is 11.7 Å². The molecular formula is C8H14O3S2. The number of ketones is 1. The molecule has 3 nitrogen and oxygen atoms in total. The van der Waals surface area contributed by atoms with Crippen LogP contribution in [0, 0.1) is 0 Å². The molecule has 0 heterocycles. The Labute approximate surface area is 87.8 Å². The number of hydrogen-bond donors (Lipinski definition) is 0. The molecule has 0 aliphatic heterocycles. The Morgan fingerprint density at radius 2 is 2.23 bits per heavy atom. The average Bonchev–Trinajstić information content (AvgIpc) is 2.21. The second kappa shape index (κ2) is 8.44. The first-order valence-electron chi connectivity index (χ1n) is 4.62. The zero-order valence-electron chi connectivity index (χ0n) is 8.58. The van der Waals surface area contributed by atoms with Crippen LogP contribution in [0.25, 0.3) is 0 Å². The Balaban J connectivity index is 3.32. The molecule has 0 radical (unpaired) electrons. The quantitative estimate of drug-likeness (QED) is 0.287. The van der Waals surface area contributed by atoms with Crippen molar-refractivity contribution in [2.24, 2.45) is 0 Å². The number of carbonyl (C=O) groups is 2. The standard InChI is InChI=1S/C8H14O3S2/c1-3-7(9)4-5-8(10)11-6-13-12-2/h3-6H2,1-2H3/i2D. The predicted octanol–water partition coefficient (Wildman–Crippen LogP) is 2.26. The lowest BCUT2D eigenvalue weighted by Crippen LogP contribution is -2.06. The van der Waals surface area contributed by atoms with Crippen LogP contribution in [0.4, 0.5) is 0 Å². The van der Waals surface area contributed by atoms with Crippen LogP contribution in [0.5, 0.6) is 0 Å². The maximum atomic E-state index is 11.0. The normalized spacial score (nSPS) is 10.7. The summed E-state index contributed by atoms with van der Waals surface area (Å²) >= 11 is 0. The van der Waals surface area contributed by atoms with Crippen molar-refractivity contribution in [1.29, 1.82) is 0 Å². The third-order valence-corrected chi connectivity index (χ3v) is 2.52. The molecule has 0 aliphatic rings. The maximum Gasteiger partial charge on any atom is 0.307 e.